The van der Waals surface area contributed by atoms with Crippen molar-refractivity contribution in [3.05, 3.63) is 29.3 Å². The molecule has 1 aromatic carbocycles. The van der Waals surface area contributed by atoms with Crippen molar-refractivity contribution in [3.8, 4) is 0 Å². The Bertz CT molecular complexity index is 382. The van der Waals surface area contributed by atoms with Gasteiger partial charge in [-0.25, -0.2) is 4.79 Å². The molecule has 0 radical (unpaired) electrons. The summed E-state index contributed by atoms with van der Waals surface area (Å²) in [6.45, 7) is 8.31. The zero-order chi connectivity index (χ0) is 12.8. The van der Waals surface area contributed by atoms with Gasteiger partial charge >= 0.3 is 5.97 Å². The number of hydrogen-bond acceptors (Lipinski definition) is 2. The lowest BCUT2D eigenvalue weighted by atomic mass is 10.1. The van der Waals surface area contributed by atoms with Gasteiger partial charge in [0.15, 0.2) is 0 Å². The minimum absolute atomic E-state index is 0.360. The second-order valence-corrected chi connectivity index (χ2v) is 4.29. The first-order chi connectivity index (χ1) is 8.10. The number of carbonyl (C=O) groups is 1. The minimum Gasteiger partial charge on any atom is -0.478 e. The fraction of sp³-hybridized carbons (Fsp3) is 0.500. The highest BCUT2D eigenvalue weighted by molar-refractivity contribution is 5.88. The van der Waals surface area contributed by atoms with Crippen LogP contribution in [0.25, 0.3) is 0 Å². The fourth-order valence-electron chi connectivity index (χ4n) is 2.04. The summed E-state index contributed by atoms with van der Waals surface area (Å²) >= 11 is 0. The Morgan fingerprint density at radius 3 is 2.24 bits per heavy atom. The van der Waals surface area contributed by atoms with Crippen LogP contribution in [0.2, 0.25) is 0 Å². The fourth-order valence-corrected chi connectivity index (χ4v) is 2.04. The summed E-state index contributed by atoms with van der Waals surface area (Å²) in [6.07, 6.45) is 2.19. The number of carboxylic acid groups (broad SMARTS) is 1. The van der Waals surface area contributed by atoms with Crippen LogP contribution in [0.3, 0.4) is 0 Å². The van der Waals surface area contributed by atoms with E-state index in [2.05, 4.69) is 18.7 Å². The van der Waals surface area contributed by atoms with Crippen molar-refractivity contribution in [2.24, 2.45) is 0 Å². The topological polar surface area (TPSA) is 40.5 Å². The summed E-state index contributed by atoms with van der Waals surface area (Å²) in [5, 5.41) is 8.93. The SMILES string of the molecule is CCCN(CCC)c1ccc(C(=O)O)cc1C. The molecule has 1 N–H and O–H groups in total. The molecule has 0 aliphatic rings. The third kappa shape index (κ3) is 3.48. The summed E-state index contributed by atoms with van der Waals surface area (Å²) in [7, 11) is 0. The van der Waals surface area contributed by atoms with E-state index >= 15 is 0 Å². The lowest BCUT2D eigenvalue weighted by Crippen LogP contribution is -2.25. The van der Waals surface area contributed by atoms with Crippen LogP contribution in [0.1, 0.15) is 42.6 Å². The first-order valence-electron chi connectivity index (χ1n) is 6.19. The number of rotatable bonds is 6. The molecule has 0 spiro atoms. The number of anilines is 1. The molecule has 0 aromatic heterocycles. The van der Waals surface area contributed by atoms with Gasteiger partial charge in [0.2, 0.25) is 0 Å². The summed E-state index contributed by atoms with van der Waals surface area (Å²) < 4.78 is 0. The van der Waals surface area contributed by atoms with Gasteiger partial charge in [0.05, 0.1) is 5.56 Å². The highest BCUT2D eigenvalue weighted by Crippen LogP contribution is 2.22. The smallest absolute Gasteiger partial charge is 0.335 e. The van der Waals surface area contributed by atoms with E-state index in [4.69, 9.17) is 5.11 Å². The maximum absolute atomic E-state index is 10.9. The van der Waals surface area contributed by atoms with Gasteiger partial charge in [0, 0.05) is 18.8 Å². The molecule has 1 aromatic rings. The number of carboxylic acids is 1. The summed E-state index contributed by atoms with van der Waals surface area (Å²) in [5.74, 6) is -0.864. The number of aryl methyl sites for hydroxylation is 1. The highest BCUT2D eigenvalue weighted by Gasteiger charge is 2.10. The average molecular weight is 235 g/mol. The molecule has 17 heavy (non-hydrogen) atoms. The zero-order valence-electron chi connectivity index (χ0n) is 10.9. The van der Waals surface area contributed by atoms with Gasteiger partial charge < -0.3 is 10.0 Å². The maximum Gasteiger partial charge on any atom is 0.335 e. The third-order valence-corrected chi connectivity index (χ3v) is 2.77. The van der Waals surface area contributed by atoms with E-state index in [0.717, 1.165) is 37.2 Å². The van der Waals surface area contributed by atoms with Gasteiger partial charge in [-0.2, -0.15) is 0 Å². The van der Waals surface area contributed by atoms with Crippen molar-refractivity contribution < 1.29 is 9.90 Å². The standard InChI is InChI=1S/C14H21NO2/c1-4-8-15(9-5-2)13-7-6-12(14(16)17)10-11(13)3/h6-7,10H,4-5,8-9H2,1-3H3,(H,16,17). The van der Waals surface area contributed by atoms with Crippen LogP contribution in [0.4, 0.5) is 5.69 Å². The van der Waals surface area contributed by atoms with Crippen LogP contribution in [0, 0.1) is 6.92 Å². The maximum atomic E-state index is 10.9. The van der Waals surface area contributed by atoms with Crippen molar-refractivity contribution in [1.82, 2.24) is 0 Å². The lowest BCUT2D eigenvalue weighted by molar-refractivity contribution is 0.0697. The third-order valence-electron chi connectivity index (χ3n) is 2.77. The number of nitrogens with zero attached hydrogens (tertiary/aromatic N) is 1. The van der Waals surface area contributed by atoms with E-state index < -0.39 is 5.97 Å². The monoisotopic (exact) mass is 235 g/mol. The van der Waals surface area contributed by atoms with E-state index in [9.17, 15) is 4.79 Å². The van der Waals surface area contributed by atoms with E-state index in [-0.39, 0.29) is 0 Å². The van der Waals surface area contributed by atoms with Gasteiger partial charge in [-0.15, -0.1) is 0 Å². The predicted molar refractivity (Wildman–Crippen MR) is 70.9 cm³/mol. The molecule has 0 aliphatic carbocycles. The molecule has 0 fully saturated rings. The molecule has 0 aliphatic heterocycles. The Balaban J connectivity index is 2.99. The van der Waals surface area contributed by atoms with Crippen LogP contribution in [0.15, 0.2) is 18.2 Å². The van der Waals surface area contributed by atoms with Gasteiger partial charge in [-0.05, 0) is 43.5 Å². The van der Waals surface area contributed by atoms with Crippen LogP contribution in [0.5, 0.6) is 0 Å². The lowest BCUT2D eigenvalue weighted by Gasteiger charge is -2.25. The van der Waals surface area contributed by atoms with E-state index in [1.807, 2.05) is 13.0 Å². The van der Waals surface area contributed by atoms with Crippen LogP contribution >= 0.6 is 0 Å². The van der Waals surface area contributed by atoms with Gasteiger partial charge in [0.25, 0.3) is 0 Å². The van der Waals surface area contributed by atoms with Crippen LogP contribution in [-0.2, 0) is 0 Å². The molecular weight excluding hydrogens is 214 g/mol. The van der Waals surface area contributed by atoms with E-state index in [0.29, 0.717) is 5.56 Å². The van der Waals surface area contributed by atoms with Crippen molar-refractivity contribution >= 4 is 11.7 Å². The number of aromatic carboxylic acids is 1. The number of benzene rings is 1. The second kappa shape index (κ2) is 6.28. The Morgan fingerprint density at radius 1 is 1.24 bits per heavy atom. The Morgan fingerprint density at radius 2 is 1.82 bits per heavy atom. The van der Waals surface area contributed by atoms with E-state index in [1.165, 1.54) is 0 Å². The Hall–Kier alpha value is -1.51. The molecule has 0 saturated heterocycles. The molecule has 0 atom stereocenters. The van der Waals surface area contributed by atoms with E-state index in [1.54, 1.807) is 12.1 Å². The molecule has 1 rings (SSSR count). The van der Waals surface area contributed by atoms with Gasteiger partial charge in [-0.3, -0.25) is 0 Å². The molecule has 0 unspecified atom stereocenters. The molecular formula is C14H21NO2. The summed E-state index contributed by atoms with van der Waals surface area (Å²) in [5.41, 5.74) is 2.55. The number of hydrogen-bond donors (Lipinski definition) is 1. The van der Waals surface area contributed by atoms with Crippen molar-refractivity contribution in [2.75, 3.05) is 18.0 Å². The first kappa shape index (κ1) is 13.6. The molecule has 0 saturated carbocycles. The Kier molecular flexibility index (Phi) is 5.01. The summed E-state index contributed by atoms with van der Waals surface area (Å²) in [6, 6.07) is 5.35. The van der Waals surface area contributed by atoms with Gasteiger partial charge in [-0.1, -0.05) is 13.8 Å². The second-order valence-electron chi connectivity index (χ2n) is 4.29. The largest absolute Gasteiger partial charge is 0.478 e. The zero-order valence-corrected chi connectivity index (χ0v) is 10.9. The Labute approximate surface area is 103 Å². The highest BCUT2D eigenvalue weighted by atomic mass is 16.4. The van der Waals surface area contributed by atoms with Crippen LogP contribution in [-0.4, -0.2) is 24.2 Å². The van der Waals surface area contributed by atoms with Crippen molar-refractivity contribution in [2.45, 2.75) is 33.6 Å². The molecule has 0 amide bonds. The van der Waals surface area contributed by atoms with Crippen LogP contribution < -0.4 is 4.90 Å². The quantitative estimate of drug-likeness (QED) is 0.822. The molecule has 0 heterocycles. The van der Waals surface area contributed by atoms with Crippen molar-refractivity contribution in [1.29, 1.82) is 0 Å². The predicted octanol–water partition coefficient (Wildman–Crippen LogP) is 3.32. The average Bonchev–Trinajstić information content (AvgIpc) is 2.28. The van der Waals surface area contributed by atoms with Crippen molar-refractivity contribution in [3.63, 3.8) is 0 Å². The normalized spacial score (nSPS) is 10.3. The molecule has 94 valence electrons. The minimum atomic E-state index is -0.864. The molecule has 0 bridgehead atoms. The molecule has 3 nitrogen and oxygen atoms in total. The summed E-state index contributed by atoms with van der Waals surface area (Å²) in [4.78, 5) is 13.2. The molecule has 3 heteroatoms. The van der Waals surface area contributed by atoms with Gasteiger partial charge in [0.1, 0.15) is 0 Å². The first-order valence-corrected chi connectivity index (χ1v) is 6.19.